The second-order valence-electron chi connectivity index (χ2n) is 8.79. The predicted molar refractivity (Wildman–Crippen MR) is 120 cm³/mol. The Labute approximate surface area is 180 Å². The van der Waals surface area contributed by atoms with Crippen LogP contribution in [0.3, 0.4) is 0 Å². The number of hydrogen-bond donors (Lipinski definition) is 0. The maximum absolute atomic E-state index is 13.0. The highest BCUT2D eigenvalue weighted by Crippen LogP contribution is 2.22. The van der Waals surface area contributed by atoms with E-state index in [0.29, 0.717) is 17.5 Å². The number of carbonyl (C=O) groups excluding carboxylic acids is 1. The van der Waals surface area contributed by atoms with Crippen molar-refractivity contribution < 1.29 is 9.53 Å². The van der Waals surface area contributed by atoms with Gasteiger partial charge >= 0.3 is 0 Å². The molecule has 1 amide bonds. The monoisotopic (exact) mass is 412 g/mol. The molecule has 0 saturated carbocycles. The fourth-order valence-corrected chi connectivity index (χ4v) is 4.33. The number of piperidine rings is 1. The Morgan fingerprint density at radius 3 is 2.80 bits per heavy atom. The zero-order valence-electron chi connectivity index (χ0n) is 19.1. The summed E-state index contributed by atoms with van der Waals surface area (Å²) in [5.74, 6) is 1.85. The highest BCUT2D eigenvalue weighted by Gasteiger charge is 2.25. The molecule has 164 valence electrons. The first-order valence-corrected chi connectivity index (χ1v) is 11.0. The van der Waals surface area contributed by atoms with E-state index in [1.165, 1.54) is 18.4 Å². The Balaban J connectivity index is 1.54. The summed E-state index contributed by atoms with van der Waals surface area (Å²) < 4.78 is 7.20. The quantitative estimate of drug-likeness (QED) is 0.665. The second kappa shape index (κ2) is 10.1. The van der Waals surface area contributed by atoms with Crippen molar-refractivity contribution in [1.82, 2.24) is 19.6 Å². The molecule has 1 aromatic carbocycles. The van der Waals surface area contributed by atoms with E-state index >= 15 is 0 Å². The van der Waals surface area contributed by atoms with Gasteiger partial charge in [0.1, 0.15) is 11.4 Å². The average molecular weight is 413 g/mol. The summed E-state index contributed by atoms with van der Waals surface area (Å²) in [6.07, 6.45) is 3.34. The van der Waals surface area contributed by atoms with Gasteiger partial charge in [-0.2, -0.15) is 5.10 Å². The van der Waals surface area contributed by atoms with Gasteiger partial charge in [0.05, 0.1) is 12.8 Å². The fourth-order valence-electron chi connectivity index (χ4n) is 4.33. The molecule has 1 aliphatic heterocycles. The number of hydrogen-bond acceptors (Lipinski definition) is 4. The van der Waals surface area contributed by atoms with E-state index in [1.807, 2.05) is 37.2 Å². The standard InChI is InChI=1S/C24H36N4O2/c1-18(2)21-15-22(27(4)25-21)24(29)26(3)16-19-9-8-13-28(17-19)14-12-20-10-6-7-11-23(20)30-5/h6-7,10-11,15,18-19H,8-9,12-14,16-17H2,1-5H3/t19-/m0/s1. The molecule has 2 aromatic rings. The molecule has 1 atom stereocenters. The number of amides is 1. The molecule has 1 aromatic heterocycles. The summed E-state index contributed by atoms with van der Waals surface area (Å²) in [4.78, 5) is 17.4. The maximum Gasteiger partial charge on any atom is 0.271 e. The van der Waals surface area contributed by atoms with Crippen LogP contribution in [0.2, 0.25) is 0 Å². The van der Waals surface area contributed by atoms with Crippen LogP contribution in [0.1, 0.15) is 54.4 Å². The molecular formula is C24H36N4O2. The molecule has 0 spiro atoms. The fraction of sp³-hybridized carbons (Fsp3) is 0.583. The normalized spacial score (nSPS) is 17.3. The van der Waals surface area contributed by atoms with Crippen molar-refractivity contribution in [2.24, 2.45) is 13.0 Å². The Morgan fingerprint density at radius 1 is 1.33 bits per heavy atom. The first-order valence-electron chi connectivity index (χ1n) is 11.0. The SMILES string of the molecule is COc1ccccc1CCN1CCC[C@@H](CN(C)C(=O)c2cc(C(C)C)nn2C)C1. The van der Waals surface area contributed by atoms with Crippen LogP contribution in [0.25, 0.3) is 0 Å². The molecule has 0 unspecified atom stereocenters. The Morgan fingerprint density at radius 2 is 2.10 bits per heavy atom. The molecule has 0 bridgehead atoms. The smallest absolute Gasteiger partial charge is 0.271 e. The summed E-state index contributed by atoms with van der Waals surface area (Å²) in [7, 11) is 5.50. The number of para-hydroxylation sites is 1. The van der Waals surface area contributed by atoms with Gasteiger partial charge in [-0.05, 0) is 55.3 Å². The largest absolute Gasteiger partial charge is 0.496 e. The molecule has 2 heterocycles. The third-order valence-corrected chi connectivity index (χ3v) is 6.08. The highest BCUT2D eigenvalue weighted by atomic mass is 16.5. The van der Waals surface area contributed by atoms with E-state index < -0.39 is 0 Å². The second-order valence-corrected chi connectivity index (χ2v) is 8.79. The van der Waals surface area contributed by atoms with Gasteiger partial charge < -0.3 is 14.5 Å². The number of nitrogens with zero attached hydrogens (tertiary/aromatic N) is 4. The van der Waals surface area contributed by atoms with Crippen LogP contribution in [0.15, 0.2) is 30.3 Å². The lowest BCUT2D eigenvalue weighted by molar-refractivity contribution is 0.0719. The van der Waals surface area contributed by atoms with Gasteiger partial charge in [0.25, 0.3) is 5.91 Å². The Hall–Kier alpha value is -2.34. The average Bonchev–Trinajstić information content (AvgIpc) is 3.14. The lowest BCUT2D eigenvalue weighted by Gasteiger charge is -2.34. The zero-order chi connectivity index (χ0) is 21.7. The number of methoxy groups -OCH3 is 1. The van der Waals surface area contributed by atoms with E-state index in [9.17, 15) is 4.79 Å². The zero-order valence-corrected chi connectivity index (χ0v) is 19.1. The third-order valence-electron chi connectivity index (χ3n) is 6.08. The predicted octanol–water partition coefficient (Wildman–Crippen LogP) is 3.58. The summed E-state index contributed by atoms with van der Waals surface area (Å²) >= 11 is 0. The number of aryl methyl sites for hydroxylation is 1. The molecule has 0 aliphatic carbocycles. The summed E-state index contributed by atoms with van der Waals surface area (Å²) in [6.45, 7) is 8.17. The Kier molecular flexibility index (Phi) is 7.53. The third kappa shape index (κ3) is 5.42. The van der Waals surface area contributed by atoms with Gasteiger partial charge in [-0.15, -0.1) is 0 Å². The van der Waals surface area contributed by atoms with E-state index in [2.05, 4.69) is 36.0 Å². The van der Waals surface area contributed by atoms with E-state index in [1.54, 1.807) is 11.8 Å². The topological polar surface area (TPSA) is 50.6 Å². The van der Waals surface area contributed by atoms with Gasteiger partial charge in [0.15, 0.2) is 0 Å². The first-order chi connectivity index (χ1) is 14.4. The van der Waals surface area contributed by atoms with Crippen molar-refractivity contribution in [3.05, 3.63) is 47.3 Å². The minimum atomic E-state index is 0.0584. The van der Waals surface area contributed by atoms with Crippen molar-refractivity contribution in [3.63, 3.8) is 0 Å². The van der Waals surface area contributed by atoms with Gasteiger partial charge in [-0.3, -0.25) is 9.48 Å². The molecule has 3 rings (SSSR count). The van der Waals surface area contributed by atoms with Gasteiger partial charge in [0.2, 0.25) is 0 Å². The number of benzene rings is 1. The minimum absolute atomic E-state index is 0.0584. The van der Waals surface area contributed by atoms with Gasteiger partial charge in [-0.1, -0.05) is 32.0 Å². The molecule has 1 saturated heterocycles. The lowest BCUT2D eigenvalue weighted by atomic mass is 9.97. The van der Waals surface area contributed by atoms with Crippen molar-refractivity contribution in [3.8, 4) is 5.75 Å². The number of aromatic nitrogens is 2. The van der Waals surface area contributed by atoms with Crippen LogP contribution in [0.4, 0.5) is 0 Å². The maximum atomic E-state index is 13.0. The van der Waals surface area contributed by atoms with E-state index in [-0.39, 0.29) is 5.91 Å². The molecular weight excluding hydrogens is 376 g/mol. The van der Waals surface area contributed by atoms with Crippen LogP contribution in [0.5, 0.6) is 5.75 Å². The lowest BCUT2D eigenvalue weighted by Crippen LogP contribution is -2.42. The van der Waals surface area contributed by atoms with Crippen LogP contribution >= 0.6 is 0 Å². The molecule has 30 heavy (non-hydrogen) atoms. The number of rotatable bonds is 8. The molecule has 0 radical (unpaired) electrons. The molecule has 0 N–H and O–H groups in total. The summed E-state index contributed by atoms with van der Waals surface area (Å²) in [6, 6.07) is 10.2. The molecule has 1 aliphatic rings. The Bertz CT molecular complexity index is 845. The molecule has 1 fully saturated rings. The van der Waals surface area contributed by atoms with Crippen molar-refractivity contribution in [2.75, 3.05) is 40.3 Å². The van der Waals surface area contributed by atoms with Crippen LogP contribution < -0.4 is 4.74 Å². The molecule has 6 nitrogen and oxygen atoms in total. The van der Waals surface area contributed by atoms with E-state index in [4.69, 9.17) is 4.74 Å². The van der Waals surface area contributed by atoms with E-state index in [0.717, 1.165) is 44.0 Å². The van der Waals surface area contributed by atoms with Crippen LogP contribution in [0, 0.1) is 5.92 Å². The first kappa shape index (κ1) is 22.3. The number of likely N-dealkylation sites (tertiary alicyclic amines) is 1. The van der Waals surface area contributed by atoms with Gasteiger partial charge in [0, 0.05) is 33.7 Å². The van der Waals surface area contributed by atoms with Crippen molar-refractivity contribution >= 4 is 5.91 Å². The highest BCUT2D eigenvalue weighted by molar-refractivity contribution is 5.92. The van der Waals surface area contributed by atoms with Crippen molar-refractivity contribution in [2.45, 2.75) is 39.0 Å². The van der Waals surface area contributed by atoms with Crippen LogP contribution in [-0.4, -0.2) is 65.8 Å². The molecule has 6 heteroatoms. The minimum Gasteiger partial charge on any atom is -0.496 e. The number of ether oxygens (including phenoxy) is 1. The van der Waals surface area contributed by atoms with Crippen molar-refractivity contribution in [1.29, 1.82) is 0 Å². The van der Waals surface area contributed by atoms with Gasteiger partial charge in [-0.25, -0.2) is 0 Å². The summed E-state index contributed by atoms with van der Waals surface area (Å²) in [5, 5.41) is 4.49. The van der Waals surface area contributed by atoms with Crippen LogP contribution in [-0.2, 0) is 13.5 Å². The number of carbonyl (C=O) groups is 1. The summed E-state index contributed by atoms with van der Waals surface area (Å²) in [5.41, 5.74) is 2.89.